The van der Waals surface area contributed by atoms with Crippen LogP contribution in [0, 0.1) is 0 Å². The first kappa shape index (κ1) is 19.0. The van der Waals surface area contributed by atoms with E-state index in [0.29, 0.717) is 11.5 Å². The quantitative estimate of drug-likeness (QED) is 0.765. The van der Waals surface area contributed by atoms with Gasteiger partial charge in [0.1, 0.15) is 18.5 Å². The SMILES string of the molecule is CNC(=O)c1cc(S(=O)(=O)NCC2COc3ccccc3O2)ccc1OC. The van der Waals surface area contributed by atoms with E-state index in [0.717, 1.165) is 0 Å². The first-order valence-electron chi connectivity index (χ1n) is 8.23. The van der Waals surface area contributed by atoms with Crippen molar-refractivity contribution in [3.8, 4) is 17.2 Å². The molecule has 27 heavy (non-hydrogen) atoms. The number of sulfonamides is 1. The van der Waals surface area contributed by atoms with Gasteiger partial charge in [0, 0.05) is 7.05 Å². The van der Waals surface area contributed by atoms with Crippen molar-refractivity contribution < 1.29 is 27.4 Å². The van der Waals surface area contributed by atoms with Crippen molar-refractivity contribution in [2.45, 2.75) is 11.0 Å². The first-order valence-corrected chi connectivity index (χ1v) is 9.71. The summed E-state index contributed by atoms with van der Waals surface area (Å²) in [6.07, 6.45) is -0.466. The number of benzene rings is 2. The van der Waals surface area contributed by atoms with E-state index in [1.165, 1.54) is 32.4 Å². The molecular formula is C18H20N2O6S. The van der Waals surface area contributed by atoms with Crippen LogP contribution in [0.5, 0.6) is 17.2 Å². The Balaban J connectivity index is 1.73. The average Bonchev–Trinajstić information content (AvgIpc) is 2.71. The second kappa shape index (κ2) is 7.85. The molecule has 0 aromatic heterocycles. The summed E-state index contributed by atoms with van der Waals surface area (Å²) in [7, 11) is -0.980. The number of rotatable bonds is 6. The zero-order valence-electron chi connectivity index (χ0n) is 14.9. The number of para-hydroxylation sites is 2. The number of hydrogen-bond donors (Lipinski definition) is 2. The molecule has 2 aromatic carbocycles. The molecule has 0 aliphatic carbocycles. The summed E-state index contributed by atoms with van der Waals surface area (Å²) >= 11 is 0. The van der Waals surface area contributed by atoms with Gasteiger partial charge < -0.3 is 19.5 Å². The largest absolute Gasteiger partial charge is 0.496 e. The van der Waals surface area contributed by atoms with E-state index in [1.54, 1.807) is 12.1 Å². The third kappa shape index (κ3) is 4.15. The zero-order valence-corrected chi connectivity index (χ0v) is 15.7. The normalized spacial score (nSPS) is 15.9. The van der Waals surface area contributed by atoms with Crippen LogP contribution in [0.2, 0.25) is 0 Å². The van der Waals surface area contributed by atoms with E-state index >= 15 is 0 Å². The second-order valence-corrected chi connectivity index (χ2v) is 7.56. The molecule has 0 spiro atoms. The van der Waals surface area contributed by atoms with Crippen molar-refractivity contribution in [1.29, 1.82) is 0 Å². The molecule has 8 nitrogen and oxygen atoms in total. The Hall–Kier alpha value is -2.78. The van der Waals surface area contributed by atoms with E-state index in [-0.39, 0.29) is 29.4 Å². The summed E-state index contributed by atoms with van der Waals surface area (Å²) in [5.41, 5.74) is 0.133. The van der Waals surface area contributed by atoms with Crippen LogP contribution < -0.4 is 24.2 Å². The molecular weight excluding hydrogens is 372 g/mol. The third-order valence-electron chi connectivity index (χ3n) is 4.02. The van der Waals surface area contributed by atoms with Crippen LogP contribution in [0.1, 0.15) is 10.4 Å². The summed E-state index contributed by atoms with van der Waals surface area (Å²) in [5.74, 6) is 1.04. The zero-order chi connectivity index (χ0) is 19.4. The number of amides is 1. The van der Waals surface area contributed by atoms with Crippen molar-refractivity contribution in [2.24, 2.45) is 0 Å². The monoisotopic (exact) mass is 392 g/mol. The minimum Gasteiger partial charge on any atom is -0.496 e. The highest BCUT2D eigenvalue weighted by Gasteiger charge is 2.24. The molecule has 2 N–H and O–H groups in total. The fourth-order valence-corrected chi connectivity index (χ4v) is 3.71. The molecule has 2 aromatic rings. The summed E-state index contributed by atoms with van der Waals surface area (Å²) in [4.78, 5) is 11.9. The smallest absolute Gasteiger partial charge is 0.254 e. The fraction of sp³-hybridized carbons (Fsp3) is 0.278. The highest BCUT2D eigenvalue weighted by molar-refractivity contribution is 7.89. The van der Waals surface area contributed by atoms with Crippen LogP contribution in [0.15, 0.2) is 47.4 Å². The molecule has 1 aliphatic heterocycles. The average molecular weight is 392 g/mol. The first-order chi connectivity index (χ1) is 12.9. The second-order valence-electron chi connectivity index (χ2n) is 5.79. The molecule has 1 amide bonds. The van der Waals surface area contributed by atoms with Gasteiger partial charge in [0.15, 0.2) is 11.5 Å². The number of carbonyl (C=O) groups is 1. The van der Waals surface area contributed by atoms with Crippen LogP contribution in [0.3, 0.4) is 0 Å². The van der Waals surface area contributed by atoms with Gasteiger partial charge in [-0.05, 0) is 30.3 Å². The van der Waals surface area contributed by atoms with Crippen molar-refractivity contribution in [3.05, 3.63) is 48.0 Å². The number of ether oxygens (including phenoxy) is 3. The fourth-order valence-electron chi connectivity index (χ4n) is 2.62. The standard InChI is InChI=1S/C18H20N2O6S/c1-19-18(21)14-9-13(7-8-15(14)24-2)27(22,23)20-10-12-11-25-16-5-3-4-6-17(16)26-12/h3-9,12,20H,10-11H2,1-2H3,(H,19,21). The summed E-state index contributed by atoms with van der Waals surface area (Å²) in [6, 6.07) is 11.3. The molecule has 3 rings (SSSR count). The Morgan fingerprint density at radius 1 is 1.22 bits per heavy atom. The topological polar surface area (TPSA) is 103 Å². The highest BCUT2D eigenvalue weighted by Crippen LogP contribution is 2.30. The Morgan fingerprint density at radius 3 is 2.67 bits per heavy atom. The molecule has 0 saturated carbocycles. The summed E-state index contributed by atoms with van der Waals surface area (Å²) < 4.78 is 44.1. The molecule has 0 fully saturated rings. The van der Waals surface area contributed by atoms with Crippen molar-refractivity contribution in [1.82, 2.24) is 10.0 Å². The summed E-state index contributed by atoms with van der Waals surface area (Å²) in [6.45, 7) is 0.254. The van der Waals surface area contributed by atoms with Crippen LogP contribution in [0.4, 0.5) is 0 Å². The van der Waals surface area contributed by atoms with Gasteiger partial charge >= 0.3 is 0 Å². The number of hydrogen-bond acceptors (Lipinski definition) is 6. The lowest BCUT2D eigenvalue weighted by Crippen LogP contribution is -2.40. The van der Waals surface area contributed by atoms with Gasteiger partial charge in [0.2, 0.25) is 10.0 Å². The van der Waals surface area contributed by atoms with Crippen molar-refractivity contribution >= 4 is 15.9 Å². The maximum Gasteiger partial charge on any atom is 0.254 e. The number of nitrogens with one attached hydrogen (secondary N) is 2. The number of fused-ring (bicyclic) bond motifs is 1. The highest BCUT2D eigenvalue weighted by atomic mass is 32.2. The lowest BCUT2D eigenvalue weighted by atomic mass is 10.2. The number of methoxy groups -OCH3 is 1. The van der Waals surface area contributed by atoms with Gasteiger partial charge in [0.25, 0.3) is 5.91 Å². The van der Waals surface area contributed by atoms with E-state index < -0.39 is 22.0 Å². The Labute approximate surface area is 157 Å². The van der Waals surface area contributed by atoms with Crippen LogP contribution in [-0.4, -0.2) is 47.7 Å². The van der Waals surface area contributed by atoms with E-state index in [9.17, 15) is 13.2 Å². The molecule has 0 radical (unpaired) electrons. The van der Waals surface area contributed by atoms with Gasteiger partial charge in [-0.15, -0.1) is 0 Å². The van der Waals surface area contributed by atoms with Gasteiger partial charge in [-0.3, -0.25) is 4.79 Å². The minimum atomic E-state index is -3.85. The maximum absolute atomic E-state index is 12.6. The molecule has 0 saturated heterocycles. The van der Waals surface area contributed by atoms with Crippen LogP contribution >= 0.6 is 0 Å². The van der Waals surface area contributed by atoms with Crippen LogP contribution in [0.25, 0.3) is 0 Å². The molecule has 0 bridgehead atoms. The van der Waals surface area contributed by atoms with Gasteiger partial charge in [-0.2, -0.15) is 0 Å². The Bertz CT molecular complexity index is 945. The lowest BCUT2D eigenvalue weighted by Gasteiger charge is -2.26. The molecule has 144 valence electrons. The Kier molecular flexibility index (Phi) is 5.52. The predicted molar refractivity (Wildman–Crippen MR) is 97.9 cm³/mol. The van der Waals surface area contributed by atoms with Crippen molar-refractivity contribution in [2.75, 3.05) is 27.3 Å². The van der Waals surface area contributed by atoms with Gasteiger partial charge in [0.05, 0.1) is 24.1 Å². The molecule has 1 aliphatic rings. The maximum atomic E-state index is 12.6. The van der Waals surface area contributed by atoms with E-state index in [2.05, 4.69) is 10.0 Å². The van der Waals surface area contributed by atoms with Gasteiger partial charge in [-0.25, -0.2) is 13.1 Å². The molecule has 1 heterocycles. The molecule has 1 atom stereocenters. The molecule has 9 heteroatoms. The number of carbonyl (C=O) groups excluding carboxylic acids is 1. The minimum absolute atomic E-state index is 0.0258. The predicted octanol–water partition coefficient (Wildman–Crippen LogP) is 1.17. The van der Waals surface area contributed by atoms with E-state index in [1.807, 2.05) is 12.1 Å². The summed E-state index contributed by atoms with van der Waals surface area (Å²) in [5, 5.41) is 2.46. The molecule has 1 unspecified atom stereocenters. The van der Waals surface area contributed by atoms with Crippen LogP contribution in [-0.2, 0) is 10.0 Å². The van der Waals surface area contributed by atoms with Crippen molar-refractivity contribution in [3.63, 3.8) is 0 Å². The Morgan fingerprint density at radius 2 is 1.96 bits per heavy atom. The third-order valence-corrected chi connectivity index (χ3v) is 5.44. The lowest BCUT2D eigenvalue weighted by molar-refractivity contribution is 0.0943. The van der Waals surface area contributed by atoms with E-state index in [4.69, 9.17) is 14.2 Å². The van der Waals surface area contributed by atoms with Gasteiger partial charge in [-0.1, -0.05) is 12.1 Å².